The average Bonchev–Trinajstić information content (AvgIpc) is 3.41. The summed E-state index contributed by atoms with van der Waals surface area (Å²) in [6.45, 7) is 3.57. The van der Waals surface area contributed by atoms with Crippen LogP contribution >= 0.6 is 0 Å². The minimum atomic E-state index is -1.51. The van der Waals surface area contributed by atoms with Gasteiger partial charge in [-0.1, -0.05) is 0 Å². The number of hydrogen-bond donors (Lipinski definition) is 0. The van der Waals surface area contributed by atoms with Crippen molar-refractivity contribution in [1.82, 2.24) is 0 Å². The van der Waals surface area contributed by atoms with Gasteiger partial charge >= 0.3 is 11.8 Å². The Balaban J connectivity index is 1.34. The molecule has 2 unspecified atom stereocenters. The summed E-state index contributed by atoms with van der Waals surface area (Å²) in [6, 6.07) is 8.26. The molecule has 4 heterocycles. The number of nitrogens with zero attached hydrogens (tertiary/aromatic N) is 4. The zero-order valence-electron chi connectivity index (χ0n) is 25.4. The van der Waals surface area contributed by atoms with Crippen LogP contribution in [0, 0.1) is 0 Å². The van der Waals surface area contributed by atoms with Gasteiger partial charge in [-0.25, -0.2) is 28.5 Å². The average molecular weight is 615 g/mol. The maximum atomic E-state index is 14.2. The molecule has 11 nitrogen and oxygen atoms in total. The second-order valence-corrected chi connectivity index (χ2v) is 12.5. The molecule has 2 amide bonds. The zero-order chi connectivity index (χ0) is 31.6. The molecule has 2 saturated heterocycles. The van der Waals surface area contributed by atoms with E-state index in [0.717, 1.165) is 63.0 Å². The highest BCUT2D eigenvalue weighted by atomic mass is 16.5. The van der Waals surface area contributed by atoms with E-state index in [2.05, 4.69) is 9.98 Å². The van der Waals surface area contributed by atoms with Crippen LogP contribution in [-0.2, 0) is 0 Å². The first-order valence-electron chi connectivity index (χ1n) is 16.1. The van der Waals surface area contributed by atoms with E-state index in [9.17, 15) is 29.4 Å². The number of carboxylic acids is 2. The minimum Gasteiger partial charge on any atom is -0.545 e. The number of rotatable bonds is 6. The molecule has 2 aromatic carbocycles. The van der Waals surface area contributed by atoms with Crippen molar-refractivity contribution in [3.8, 4) is 11.5 Å². The summed E-state index contributed by atoms with van der Waals surface area (Å²) < 4.78 is 6.06. The van der Waals surface area contributed by atoms with Crippen LogP contribution < -0.4 is 14.9 Å². The maximum absolute atomic E-state index is 14.2. The highest BCUT2D eigenvalue weighted by Gasteiger charge is 2.47. The smallest absolute Gasteiger partial charge is 0.352 e. The number of carboxylic acid groups (broad SMARTS) is 2. The third-order valence-electron chi connectivity index (χ3n) is 9.75. The van der Waals surface area contributed by atoms with Crippen LogP contribution in [-0.4, -0.2) is 83.7 Å². The number of fused-ring (bicyclic) bond motifs is 2. The van der Waals surface area contributed by atoms with Gasteiger partial charge < -0.3 is 24.5 Å². The summed E-state index contributed by atoms with van der Waals surface area (Å²) in [5.74, 6) is -1.79. The van der Waals surface area contributed by atoms with Crippen LogP contribution in [0.4, 0.5) is 0 Å². The molecular formula is C34H38N4O7. The van der Waals surface area contributed by atoms with Gasteiger partial charge in [0.05, 0.1) is 62.3 Å². The summed E-state index contributed by atoms with van der Waals surface area (Å²) in [5, 5.41) is 24.5. The van der Waals surface area contributed by atoms with Gasteiger partial charge in [-0.05, 0) is 74.9 Å². The first kappa shape index (κ1) is 30.8. The highest BCUT2D eigenvalue weighted by Crippen LogP contribution is 2.34. The number of carbonyl (C=O) groups excluding carboxylic acids is 4. The molecular weight excluding hydrogens is 576 g/mol. The molecule has 2 fully saturated rings. The van der Waals surface area contributed by atoms with Gasteiger partial charge in [0.1, 0.15) is 11.5 Å². The molecule has 45 heavy (non-hydrogen) atoms. The first-order valence-corrected chi connectivity index (χ1v) is 16.1. The maximum Gasteiger partial charge on any atom is 0.352 e. The van der Waals surface area contributed by atoms with Crippen LogP contribution in [0.1, 0.15) is 106 Å². The molecule has 2 atom stereocenters. The van der Waals surface area contributed by atoms with Crippen molar-refractivity contribution in [1.29, 1.82) is 0 Å². The molecule has 11 heteroatoms. The van der Waals surface area contributed by atoms with Gasteiger partial charge in [0.25, 0.3) is 0 Å². The number of aliphatic imine (C=N–C) groups is 2. The SMILES string of the molecule is O=C([O-])c1cc(Oc2ccc(C(=O)[O-])c(C(=O)[N+]34CCCCCC3=NCCC4)c2)ccc1C(=O)[N+]12CCCCCC1=NCCC2. The van der Waals surface area contributed by atoms with Gasteiger partial charge in [0, 0.05) is 36.8 Å². The Morgan fingerprint density at radius 1 is 0.556 bits per heavy atom. The molecule has 236 valence electrons. The van der Waals surface area contributed by atoms with Crippen molar-refractivity contribution in [2.24, 2.45) is 9.98 Å². The Labute approximate surface area is 262 Å². The number of carbonyl (C=O) groups is 4. The second-order valence-electron chi connectivity index (χ2n) is 12.5. The predicted molar refractivity (Wildman–Crippen MR) is 161 cm³/mol. The van der Waals surface area contributed by atoms with Gasteiger partial charge in [-0.15, -0.1) is 0 Å². The fraction of sp³-hybridized carbons (Fsp3) is 0.471. The molecule has 6 rings (SSSR count). The molecule has 0 radical (unpaired) electrons. The second kappa shape index (κ2) is 12.6. The molecule has 0 bridgehead atoms. The third-order valence-corrected chi connectivity index (χ3v) is 9.75. The highest BCUT2D eigenvalue weighted by molar-refractivity contribution is 6.06. The number of ether oxygens (including phenoxy) is 1. The van der Waals surface area contributed by atoms with Gasteiger partial charge in [-0.2, -0.15) is 0 Å². The summed E-state index contributed by atoms with van der Waals surface area (Å²) in [4.78, 5) is 62.1. The Hall–Kier alpha value is -4.22. The lowest BCUT2D eigenvalue weighted by Gasteiger charge is -2.37. The third kappa shape index (κ3) is 5.70. The van der Waals surface area contributed by atoms with Gasteiger partial charge in [0.15, 0.2) is 0 Å². The van der Waals surface area contributed by atoms with E-state index < -0.39 is 11.9 Å². The fourth-order valence-electron chi connectivity index (χ4n) is 7.50. The van der Waals surface area contributed by atoms with Crippen LogP contribution in [0.2, 0.25) is 0 Å². The van der Waals surface area contributed by atoms with Crippen molar-refractivity contribution in [3.05, 3.63) is 58.7 Å². The Morgan fingerprint density at radius 3 is 1.56 bits per heavy atom. The molecule has 0 spiro atoms. The largest absolute Gasteiger partial charge is 0.545 e. The van der Waals surface area contributed by atoms with Crippen LogP contribution in [0.3, 0.4) is 0 Å². The molecule has 2 aromatic rings. The monoisotopic (exact) mass is 614 g/mol. The molecule has 0 N–H and O–H groups in total. The number of benzene rings is 2. The van der Waals surface area contributed by atoms with E-state index in [4.69, 9.17) is 4.74 Å². The molecule has 0 saturated carbocycles. The molecule has 4 aliphatic rings. The standard InChI is InChI=1S/C34H38N4O7/c39-31(37-17-5-1-3-9-29(37)35-15-7-19-37)25-13-11-24(22-28(25)34(43)44)45-23-12-14-26(33(41)42)27(21-23)32(40)38-18-6-2-4-10-30(38)36-16-8-20-38/h11-14,21-22H,1-10,15-20H2. The molecule has 0 aliphatic carbocycles. The quantitative estimate of drug-likeness (QED) is 0.455. The van der Waals surface area contributed by atoms with Crippen molar-refractivity contribution < 1.29 is 43.1 Å². The molecule has 0 aromatic heterocycles. The van der Waals surface area contributed by atoms with E-state index >= 15 is 0 Å². The lowest BCUT2D eigenvalue weighted by atomic mass is 10.0. The Kier molecular flexibility index (Phi) is 8.65. The number of amides is 2. The Bertz CT molecular complexity index is 1620. The van der Waals surface area contributed by atoms with E-state index in [1.165, 1.54) is 36.4 Å². The molecule has 4 aliphatic heterocycles. The van der Waals surface area contributed by atoms with E-state index in [0.29, 0.717) is 52.1 Å². The topological polar surface area (TPSA) is 148 Å². The van der Waals surface area contributed by atoms with E-state index in [-0.39, 0.29) is 54.5 Å². The number of aromatic carboxylic acids is 2. The van der Waals surface area contributed by atoms with Crippen molar-refractivity contribution in [2.45, 2.75) is 64.2 Å². The fourth-order valence-corrected chi connectivity index (χ4v) is 7.50. The van der Waals surface area contributed by atoms with Gasteiger partial charge in [0.2, 0.25) is 11.7 Å². The summed E-state index contributed by atoms with van der Waals surface area (Å²) in [7, 11) is 0. The Morgan fingerprint density at radius 2 is 1.02 bits per heavy atom. The van der Waals surface area contributed by atoms with Crippen LogP contribution in [0.25, 0.3) is 0 Å². The van der Waals surface area contributed by atoms with Gasteiger partial charge in [-0.3, -0.25) is 0 Å². The lowest BCUT2D eigenvalue weighted by Crippen LogP contribution is -2.59. The first-order chi connectivity index (χ1) is 21.7. The summed E-state index contributed by atoms with van der Waals surface area (Å²) in [6.07, 6.45) is 8.37. The number of hydrogen-bond acceptors (Lipinski definition) is 9. The van der Waals surface area contributed by atoms with Crippen molar-refractivity contribution >= 4 is 35.4 Å². The minimum absolute atomic E-state index is 0.000660. The van der Waals surface area contributed by atoms with Crippen molar-refractivity contribution in [2.75, 3.05) is 39.3 Å². The zero-order valence-corrected chi connectivity index (χ0v) is 25.4. The summed E-state index contributed by atoms with van der Waals surface area (Å²) >= 11 is 0. The van der Waals surface area contributed by atoms with Crippen molar-refractivity contribution in [3.63, 3.8) is 0 Å². The number of amidine groups is 2. The van der Waals surface area contributed by atoms with E-state index in [1.54, 1.807) is 0 Å². The summed E-state index contributed by atoms with van der Waals surface area (Å²) in [5.41, 5.74) is -0.532. The van der Waals surface area contributed by atoms with E-state index in [1.807, 2.05) is 0 Å². The predicted octanol–water partition coefficient (Wildman–Crippen LogP) is 2.87. The number of quaternary nitrogens is 2. The normalized spacial score (nSPS) is 24.9. The lowest BCUT2D eigenvalue weighted by molar-refractivity contribution is -0.761. The van der Waals surface area contributed by atoms with Crippen LogP contribution in [0.5, 0.6) is 11.5 Å². The van der Waals surface area contributed by atoms with Crippen LogP contribution in [0.15, 0.2) is 46.4 Å².